The molecule has 0 aliphatic heterocycles. The molecule has 2 heterocycles. The summed E-state index contributed by atoms with van der Waals surface area (Å²) in [4.78, 5) is 0.124. The summed E-state index contributed by atoms with van der Waals surface area (Å²) in [6.45, 7) is 3.95. The first-order valence-corrected chi connectivity index (χ1v) is 7.38. The quantitative estimate of drug-likeness (QED) is 0.862. The van der Waals surface area contributed by atoms with E-state index in [1.165, 1.54) is 0 Å². The van der Waals surface area contributed by atoms with Gasteiger partial charge < -0.3 is 0 Å². The number of rotatable bonds is 4. The van der Waals surface area contributed by atoms with Gasteiger partial charge in [-0.05, 0) is 25.8 Å². The topological polar surface area (TPSA) is 95.8 Å². The number of aryl methyl sites for hydroxylation is 4. The zero-order valence-electron chi connectivity index (χ0n) is 11.2. The number of nitrogens with zero attached hydrogens (tertiary/aromatic N) is 4. The van der Waals surface area contributed by atoms with E-state index in [9.17, 15) is 8.42 Å². The minimum absolute atomic E-state index is 0.124. The number of nitrogens with two attached hydrogens (primary N) is 1. The molecule has 7 nitrogen and oxygen atoms in total. The largest absolute Gasteiger partial charge is 0.276 e. The van der Waals surface area contributed by atoms with E-state index < -0.39 is 10.0 Å². The molecule has 0 unspecified atom stereocenters. The maximum Gasteiger partial charge on any atom is 0.241 e. The minimum atomic E-state index is -3.72. The molecule has 0 saturated carbocycles. The van der Waals surface area contributed by atoms with Crippen LogP contribution in [0.15, 0.2) is 17.3 Å². The predicted octanol–water partition coefficient (Wildman–Crippen LogP) is 0.124. The van der Waals surface area contributed by atoms with Crippen LogP contribution in [0.5, 0.6) is 0 Å². The molecule has 0 bridgehead atoms. The fourth-order valence-corrected chi connectivity index (χ4v) is 3.12. The molecule has 0 amide bonds. The van der Waals surface area contributed by atoms with Crippen LogP contribution in [-0.2, 0) is 30.0 Å². The summed E-state index contributed by atoms with van der Waals surface area (Å²) in [7, 11) is -1.87. The fraction of sp³-hybridized carbons (Fsp3) is 0.455. The summed E-state index contributed by atoms with van der Waals surface area (Å²) in [6, 6.07) is 0. The van der Waals surface area contributed by atoms with Crippen molar-refractivity contribution in [1.29, 1.82) is 0 Å². The van der Waals surface area contributed by atoms with Crippen molar-refractivity contribution in [2.75, 3.05) is 0 Å². The van der Waals surface area contributed by atoms with Gasteiger partial charge in [-0.15, -0.1) is 0 Å². The molecule has 0 aliphatic rings. The standard InChI is InChI=1S/C11H17N5O2S/c1-8-11(19(12,17)18)9(2)16(14-8)5-4-10-6-13-15(3)7-10/h6-7H,4-5H2,1-3H3,(H2,12,17,18). The molecule has 0 atom stereocenters. The van der Waals surface area contributed by atoms with Gasteiger partial charge in [0.2, 0.25) is 10.0 Å². The Morgan fingerprint density at radius 3 is 2.53 bits per heavy atom. The summed E-state index contributed by atoms with van der Waals surface area (Å²) in [6.07, 6.45) is 4.44. The molecule has 0 saturated heterocycles. The fourth-order valence-electron chi connectivity index (χ4n) is 2.15. The molecular formula is C11H17N5O2S. The average molecular weight is 283 g/mol. The monoisotopic (exact) mass is 283 g/mol. The first-order valence-electron chi connectivity index (χ1n) is 5.83. The minimum Gasteiger partial charge on any atom is -0.276 e. The third-order valence-electron chi connectivity index (χ3n) is 2.97. The lowest BCUT2D eigenvalue weighted by Gasteiger charge is -2.03. The van der Waals surface area contributed by atoms with E-state index in [1.807, 2.05) is 13.2 Å². The number of aromatic nitrogens is 4. The molecule has 0 aromatic carbocycles. The SMILES string of the molecule is Cc1nn(CCc2cnn(C)c2)c(C)c1S(N)(=O)=O. The maximum absolute atomic E-state index is 11.5. The lowest BCUT2D eigenvalue weighted by molar-refractivity contribution is 0.586. The van der Waals surface area contributed by atoms with Crippen molar-refractivity contribution in [3.63, 3.8) is 0 Å². The van der Waals surface area contributed by atoms with Crippen molar-refractivity contribution in [2.45, 2.75) is 31.7 Å². The van der Waals surface area contributed by atoms with Crippen LogP contribution in [0, 0.1) is 13.8 Å². The summed E-state index contributed by atoms with van der Waals surface area (Å²) in [5.74, 6) is 0. The first kappa shape index (κ1) is 13.8. The number of hydrogen-bond donors (Lipinski definition) is 1. The normalized spacial score (nSPS) is 12.0. The van der Waals surface area contributed by atoms with Crippen LogP contribution >= 0.6 is 0 Å². The van der Waals surface area contributed by atoms with E-state index in [0.29, 0.717) is 17.9 Å². The van der Waals surface area contributed by atoms with Crippen molar-refractivity contribution in [3.8, 4) is 0 Å². The van der Waals surface area contributed by atoms with Crippen molar-refractivity contribution in [3.05, 3.63) is 29.3 Å². The summed E-state index contributed by atoms with van der Waals surface area (Å²) < 4.78 is 26.4. The van der Waals surface area contributed by atoms with Gasteiger partial charge in [-0.1, -0.05) is 0 Å². The van der Waals surface area contributed by atoms with E-state index >= 15 is 0 Å². The molecule has 2 aromatic heterocycles. The van der Waals surface area contributed by atoms with Gasteiger partial charge in [-0.3, -0.25) is 9.36 Å². The molecule has 0 radical (unpaired) electrons. The number of primary sulfonamides is 1. The van der Waals surface area contributed by atoms with Crippen molar-refractivity contribution >= 4 is 10.0 Å². The van der Waals surface area contributed by atoms with Gasteiger partial charge in [-0.25, -0.2) is 13.6 Å². The Bertz CT molecular complexity index is 699. The van der Waals surface area contributed by atoms with E-state index in [0.717, 1.165) is 12.0 Å². The Hall–Kier alpha value is -1.67. The molecule has 8 heteroatoms. The molecular weight excluding hydrogens is 266 g/mol. The lowest BCUT2D eigenvalue weighted by atomic mass is 10.2. The predicted molar refractivity (Wildman–Crippen MR) is 70.0 cm³/mol. The van der Waals surface area contributed by atoms with E-state index in [4.69, 9.17) is 5.14 Å². The molecule has 2 aromatic rings. The van der Waals surface area contributed by atoms with Gasteiger partial charge in [0.05, 0.1) is 17.6 Å². The third-order valence-corrected chi connectivity index (χ3v) is 4.13. The molecule has 19 heavy (non-hydrogen) atoms. The van der Waals surface area contributed by atoms with Crippen LogP contribution in [0.25, 0.3) is 0 Å². The van der Waals surface area contributed by atoms with E-state index in [1.54, 1.807) is 29.4 Å². The van der Waals surface area contributed by atoms with Crippen LogP contribution in [-0.4, -0.2) is 28.0 Å². The second kappa shape index (κ2) is 4.78. The van der Waals surface area contributed by atoms with E-state index in [-0.39, 0.29) is 4.90 Å². The molecule has 0 aliphatic carbocycles. The Morgan fingerprint density at radius 1 is 1.37 bits per heavy atom. The summed E-state index contributed by atoms with van der Waals surface area (Å²) >= 11 is 0. The highest BCUT2D eigenvalue weighted by Crippen LogP contribution is 2.18. The first-order chi connectivity index (χ1) is 8.79. The molecule has 104 valence electrons. The van der Waals surface area contributed by atoms with Crippen molar-refractivity contribution < 1.29 is 8.42 Å². The highest BCUT2D eigenvalue weighted by atomic mass is 32.2. The van der Waals surface area contributed by atoms with Crippen LogP contribution in [0.2, 0.25) is 0 Å². The summed E-state index contributed by atoms with van der Waals surface area (Å²) in [5, 5.41) is 13.5. The highest BCUT2D eigenvalue weighted by molar-refractivity contribution is 7.89. The number of sulfonamides is 1. The Balaban J connectivity index is 2.23. The lowest BCUT2D eigenvalue weighted by Crippen LogP contribution is -2.14. The van der Waals surface area contributed by atoms with Crippen LogP contribution < -0.4 is 5.14 Å². The van der Waals surface area contributed by atoms with Crippen molar-refractivity contribution in [1.82, 2.24) is 19.6 Å². The maximum atomic E-state index is 11.5. The number of hydrogen-bond acceptors (Lipinski definition) is 4. The highest BCUT2D eigenvalue weighted by Gasteiger charge is 2.20. The molecule has 2 N–H and O–H groups in total. The Kier molecular flexibility index (Phi) is 3.46. The molecule has 0 spiro atoms. The zero-order valence-corrected chi connectivity index (χ0v) is 12.0. The second-order valence-corrected chi connectivity index (χ2v) is 6.04. The average Bonchev–Trinajstić information content (AvgIpc) is 2.79. The smallest absolute Gasteiger partial charge is 0.241 e. The van der Waals surface area contributed by atoms with Crippen LogP contribution in [0.1, 0.15) is 17.0 Å². The van der Waals surface area contributed by atoms with Gasteiger partial charge in [0.25, 0.3) is 0 Å². The van der Waals surface area contributed by atoms with E-state index in [2.05, 4.69) is 10.2 Å². The molecule has 2 rings (SSSR count). The van der Waals surface area contributed by atoms with Crippen LogP contribution in [0.4, 0.5) is 0 Å². The molecule has 0 fully saturated rings. The van der Waals surface area contributed by atoms with Gasteiger partial charge in [0.15, 0.2) is 0 Å². The van der Waals surface area contributed by atoms with Crippen molar-refractivity contribution in [2.24, 2.45) is 12.2 Å². The Morgan fingerprint density at radius 2 is 2.05 bits per heavy atom. The van der Waals surface area contributed by atoms with Gasteiger partial charge in [0.1, 0.15) is 4.90 Å². The zero-order chi connectivity index (χ0) is 14.2. The second-order valence-electron chi connectivity index (χ2n) is 4.54. The Labute approximate surface area is 112 Å². The third kappa shape index (κ3) is 2.85. The van der Waals surface area contributed by atoms with Gasteiger partial charge in [0, 0.05) is 19.8 Å². The van der Waals surface area contributed by atoms with Gasteiger partial charge in [-0.2, -0.15) is 10.2 Å². The summed E-state index contributed by atoms with van der Waals surface area (Å²) in [5.41, 5.74) is 2.09. The van der Waals surface area contributed by atoms with Gasteiger partial charge >= 0.3 is 0 Å². The van der Waals surface area contributed by atoms with Crippen LogP contribution in [0.3, 0.4) is 0 Å².